The summed E-state index contributed by atoms with van der Waals surface area (Å²) in [7, 11) is 0. The first-order valence-corrected chi connectivity index (χ1v) is 7.46. The maximum atomic E-state index is 10.8. The molecule has 2 aromatic carbocycles. The van der Waals surface area contributed by atoms with E-state index >= 15 is 0 Å². The van der Waals surface area contributed by atoms with Gasteiger partial charge >= 0.3 is 0 Å². The van der Waals surface area contributed by atoms with E-state index in [2.05, 4.69) is 24.3 Å². The van der Waals surface area contributed by atoms with Gasteiger partial charge in [-0.05, 0) is 48.4 Å². The number of aliphatic hydroxyl groups is 1. The molecular weight excluding hydrogens is 268 g/mol. The molecule has 0 radical (unpaired) electrons. The predicted octanol–water partition coefficient (Wildman–Crippen LogP) is 4.44. The topological polar surface area (TPSA) is 20.2 Å². The van der Waals surface area contributed by atoms with Crippen molar-refractivity contribution >= 4 is 11.6 Å². The number of rotatable bonds is 4. The summed E-state index contributed by atoms with van der Waals surface area (Å²) in [6, 6.07) is 18.2. The Morgan fingerprint density at radius 2 is 1.75 bits per heavy atom. The van der Waals surface area contributed by atoms with Crippen LogP contribution in [0.4, 0.5) is 0 Å². The molecule has 2 heteroatoms. The Kier molecular flexibility index (Phi) is 3.57. The molecule has 0 heterocycles. The fourth-order valence-electron chi connectivity index (χ4n) is 3.10. The lowest BCUT2D eigenvalue weighted by Gasteiger charge is -2.24. The van der Waals surface area contributed by atoms with Crippen molar-refractivity contribution in [2.24, 2.45) is 5.92 Å². The van der Waals surface area contributed by atoms with Crippen molar-refractivity contribution in [3.8, 4) is 0 Å². The second-order valence-electron chi connectivity index (χ2n) is 6.02. The van der Waals surface area contributed by atoms with Crippen LogP contribution in [0.3, 0.4) is 0 Å². The lowest BCUT2D eigenvalue weighted by atomic mass is 9.89. The van der Waals surface area contributed by atoms with E-state index in [0.717, 1.165) is 17.0 Å². The standard InChI is InChI=1S/C18H19ClO/c1-18(20,12-13-7-9-15(19)10-8-13)17-11-16(17)14-5-3-2-4-6-14/h2-10,16-17,20H,11-12H2,1H3. The highest BCUT2D eigenvalue weighted by molar-refractivity contribution is 6.30. The molecule has 104 valence electrons. The van der Waals surface area contributed by atoms with Gasteiger partial charge in [0.15, 0.2) is 0 Å². The Balaban J connectivity index is 1.69. The van der Waals surface area contributed by atoms with Crippen LogP contribution < -0.4 is 0 Å². The van der Waals surface area contributed by atoms with Crippen molar-refractivity contribution in [1.29, 1.82) is 0 Å². The Labute approximate surface area is 125 Å². The monoisotopic (exact) mass is 286 g/mol. The fraction of sp³-hybridized carbons (Fsp3) is 0.333. The van der Waals surface area contributed by atoms with Gasteiger partial charge in [-0.25, -0.2) is 0 Å². The molecule has 1 aliphatic carbocycles. The summed E-state index contributed by atoms with van der Waals surface area (Å²) < 4.78 is 0. The van der Waals surface area contributed by atoms with Gasteiger partial charge in [0, 0.05) is 11.4 Å². The molecule has 0 amide bonds. The molecule has 3 unspecified atom stereocenters. The molecule has 0 aliphatic heterocycles. The molecule has 2 aromatic rings. The van der Waals surface area contributed by atoms with E-state index < -0.39 is 5.60 Å². The van der Waals surface area contributed by atoms with Crippen LogP contribution >= 0.6 is 11.6 Å². The van der Waals surface area contributed by atoms with E-state index in [1.807, 2.05) is 37.3 Å². The third-order valence-corrected chi connectivity index (χ3v) is 4.54. The van der Waals surface area contributed by atoms with Crippen LogP contribution in [0.15, 0.2) is 54.6 Å². The van der Waals surface area contributed by atoms with Gasteiger partial charge in [0.25, 0.3) is 0 Å². The van der Waals surface area contributed by atoms with Crippen molar-refractivity contribution in [2.75, 3.05) is 0 Å². The van der Waals surface area contributed by atoms with Crippen LogP contribution in [-0.2, 0) is 6.42 Å². The number of halogens is 1. The summed E-state index contributed by atoms with van der Waals surface area (Å²) in [6.45, 7) is 1.95. The van der Waals surface area contributed by atoms with Crippen molar-refractivity contribution in [1.82, 2.24) is 0 Å². The van der Waals surface area contributed by atoms with E-state index in [9.17, 15) is 5.11 Å². The molecule has 1 fully saturated rings. The minimum absolute atomic E-state index is 0.348. The van der Waals surface area contributed by atoms with Gasteiger partial charge in [-0.1, -0.05) is 54.1 Å². The van der Waals surface area contributed by atoms with Gasteiger partial charge in [0.2, 0.25) is 0 Å². The maximum absolute atomic E-state index is 10.8. The van der Waals surface area contributed by atoms with Gasteiger partial charge in [-0.15, -0.1) is 0 Å². The molecule has 0 bridgehead atoms. The van der Waals surface area contributed by atoms with Crippen LogP contribution in [0.1, 0.15) is 30.4 Å². The third-order valence-electron chi connectivity index (χ3n) is 4.29. The Bertz CT molecular complexity index is 574. The van der Waals surface area contributed by atoms with Crippen LogP contribution in [0.25, 0.3) is 0 Å². The number of benzene rings is 2. The van der Waals surface area contributed by atoms with E-state index in [4.69, 9.17) is 11.6 Å². The van der Waals surface area contributed by atoms with Crippen molar-refractivity contribution in [3.05, 3.63) is 70.7 Å². The van der Waals surface area contributed by atoms with Crippen molar-refractivity contribution in [3.63, 3.8) is 0 Å². The van der Waals surface area contributed by atoms with Crippen LogP contribution in [-0.4, -0.2) is 10.7 Å². The van der Waals surface area contributed by atoms with Crippen LogP contribution in [0, 0.1) is 5.92 Å². The summed E-state index contributed by atoms with van der Waals surface area (Å²) in [6.07, 6.45) is 1.75. The highest BCUT2D eigenvalue weighted by Crippen LogP contribution is 2.54. The summed E-state index contributed by atoms with van der Waals surface area (Å²) >= 11 is 5.90. The van der Waals surface area contributed by atoms with Gasteiger partial charge < -0.3 is 5.11 Å². The van der Waals surface area contributed by atoms with Gasteiger partial charge in [-0.2, -0.15) is 0 Å². The first kappa shape index (κ1) is 13.7. The highest BCUT2D eigenvalue weighted by atomic mass is 35.5. The molecule has 0 aromatic heterocycles. The van der Waals surface area contributed by atoms with Gasteiger partial charge in [0.05, 0.1) is 5.60 Å². The average molecular weight is 287 g/mol. The molecule has 20 heavy (non-hydrogen) atoms. The van der Waals surface area contributed by atoms with E-state index in [-0.39, 0.29) is 0 Å². The summed E-state index contributed by atoms with van der Waals surface area (Å²) in [5.41, 5.74) is 1.82. The largest absolute Gasteiger partial charge is 0.390 e. The third kappa shape index (κ3) is 2.89. The van der Waals surface area contributed by atoms with E-state index in [1.54, 1.807) is 0 Å². The second-order valence-corrected chi connectivity index (χ2v) is 6.46. The summed E-state index contributed by atoms with van der Waals surface area (Å²) in [5, 5.41) is 11.5. The minimum Gasteiger partial charge on any atom is -0.390 e. The zero-order chi connectivity index (χ0) is 14.2. The van der Waals surface area contributed by atoms with Gasteiger partial charge in [0.1, 0.15) is 0 Å². The Morgan fingerprint density at radius 1 is 1.10 bits per heavy atom. The first-order valence-electron chi connectivity index (χ1n) is 7.08. The van der Waals surface area contributed by atoms with Crippen molar-refractivity contribution in [2.45, 2.75) is 31.3 Å². The predicted molar refractivity (Wildman–Crippen MR) is 83.1 cm³/mol. The first-order chi connectivity index (χ1) is 9.56. The van der Waals surface area contributed by atoms with Crippen molar-refractivity contribution < 1.29 is 5.11 Å². The summed E-state index contributed by atoms with van der Waals surface area (Å²) in [4.78, 5) is 0. The highest BCUT2D eigenvalue weighted by Gasteiger charge is 2.49. The molecule has 1 nitrogen and oxygen atoms in total. The van der Waals surface area contributed by atoms with E-state index in [0.29, 0.717) is 18.3 Å². The Hall–Kier alpha value is -1.31. The molecule has 1 N–H and O–H groups in total. The fourth-order valence-corrected chi connectivity index (χ4v) is 3.22. The quantitative estimate of drug-likeness (QED) is 0.881. The van der Waals surface area contributed by atoms with E-state index in [1.165, 1.54) is 5.56 Å². The molecule has 1 aliphatic rings. The number of hydrogen-bond donors (Lipinski definition) is 1. The molecule has 0 saturated heterocycles. The molecular formula is C18H19ClO. The molecule has 3 rings (SSSR count). The number of hydrogen-bond acceptors (Lipinski definition) is 1. The Morgan fingerprint density at radius 3 is 2.40 bits per heavy atom. The van der Waals surface area contributed by atoms with Gasteiger partial charge in [-0.3, -0.25) is 0 Å². The maximum Gasteiger partial charge on any atom is 0.0694 e. The summed E-state index contributed by atoms with van der Waals surface area (Å²) in [5.74, 6) is 0.846. The van der Waals surface area contributed by atoms with Crippen LogP contribution in [0.5, 0.6) is 0 Å². The zero-order valence-corrected chi connectivity index (χ0v) is 12.3. The SMILES string of the molecule is CC(O)(Cc1ccc(Cl)cc1)C1CC1c1ccccc1. The molecule has 0 spiro atoms. The smallest absolute Gasteiger partial charge is 0.0694 e. The molecule has 1 saturated carbocycles. The zero-order valence-electron chi connectivity index (χ0n) is 11.6. The lowest BCUT2D eigenvalue weighted by molar-refractivity contribution is 0.0351. The lowest BCUT2D eigenvalue weighted by Crippen LogP contribution is -2.30. The average Bonchev–Trinajstić information content (AvgIpc) is 3.23. The second kappa shape index (κ2) is 5.23. The molecule has 3 atom stereocenters. The van der Waals surface area contributed by atoms with Crippen LogP contribution in [0.2, 0.25) is 5.02 Å². The normalized spacial score (nSPS) is 24.1. The minimum atomic E-state index is -0.658.